The van der Waals surface area contributed by atoms with Gasteiger partial charge in [0.1, 0.15) is 11.2 Å². The molecule has 1 heterocycles. The first-order chi connectivity index (χ1) is 23.8. The molecule has 10 rings (SSSR count). The Bertz CT molecular complexity index is 2850. The second-order valence-electron chi connectivity index (χ2n) is 12.5. The van der Waals surface area contributed by atoms with E-state index in [0.717, 1.165) is 39.0 Å². The molecule has 2 nitrogen and oxygen atoms in total. The Balaban J connectivity index is 1.32. The summed E-state index contributed by atoms with van der Waals surface area (Å²) < 4.78 is 6.44. The standard InChI is InChI=1S/C46H29NO/c1-2-11-30(12-3-1)33-15-10-16-35(27-33)47(36-24-26-40-39-19-8-9-20-43(39)48-44(40)29-36)42-28-34-14-5-7-18-38(34)46-41(42)25-23-32-22-21-31-13-4-6-17-37(31)45(32)46/h1-29H. The Morgan fingerprint density at radius 1 is 0.333 bits per heavy atom. The number of para-hydroxylation sites is 1. The van der Waals surface area contributed by atoms with Crippen LogP contribution in [0, 0.1) is 0 Å². The number of nitrogens with zero attached hydrogens (tertiary/aromatic N) is 1. The highest BCUT2D eigenvalue weighted by molar-refractivity contribution is 6.30. The molecule has 0 aliphatic rings. The van der Waals surface area contributed by atoms with Crippen molar-refractivity contribution in [2.24, 2.45) is 0 Å². The summed E-state index contributed by atoms with van der Waals surface area (Å²) in [5.74, 6) is 0. The summed E-state index contributed by atoms with van der Waals surface area (Å²) in [6.45, 7) is 0. The van der Waals surface area contributed by atoms with Gasteiger partial charge in [0, 0.05) is 39.0 Å². The summed E-state index contributed by atoms with van der Waals surface area (Å²) >= 11 is 0. The Morgan fingerprint density at radius 2 is 0.958 bits per heavy atom. The van der Waals surface area contributed by atoms with Crippen LogP contribution in [0.5, 0.6) is 0 Å². The van der Waals surface area contributed by atoms with Crippen LogP contribution in [0.3, 0.4) is 0 Å². The van der Waals surface area contributed by atoms with Gasteiger partial charge in [0.05, 0.1) is 5.69 Å². The van der Waals surface area contributed by atoms with E-state index in [1.807, 2.05) is 12.1 Å². The zero-order valence-electron chi connectivity index (χ0n) is 26.1. The van der Waals surface area contributed by atoms with Gasteiger partial charge in [-0.25, -0.2) is 0 Å². The third kappa shape index (κ3) is 4.13. The van der Waals surface area contributed by atoms with E-state index in [2.05, 4.69) is 169 Å². The van der Waals surface area contributed by atoms with Crippen molar-refractivity contribution in [3.63, 3.8) is 0 Å². The van der Waals surface area contributed by atoms with Gasteiger partial charge in [0.15, 0.2) is 0 Å². The fraction of sp³-hybridized carbons (Fsp3) is 0. The van der Waals surface area contributed by atoms with Gasteiger partial charge >= 0.3 is 0 Å². The summed E-state index contributed by atoms with van der Waals surface area (Å²) in [7, 11) is 0. The van der Waals surface area contributed by atoms with Gasteiger partial charge < -0.3 is 9.32 Å². The number of benzene rings is 9. The molecule has 0 N–H and O–H groups in total. The molecule has 0 radical (unpaired) electrons. The van der Waals surface area contributed by atoms with Gasteiger partial charge in [-0.1, -0.05) is 133 Å². The van der Waals surface area contributed by atoms with E-state index in [1.165, 1.54) is 54.2 Å². The molecule has 10 aromatic rings. The minimum absolute atomic E-state index is 0.874. The van der Waals surface area contributed by atoms with Crippen molar-refractivity contribution >= 4 is 82.1 Å². The van der Waals surface area contributed by atoms with Crippen LogP contribution in [0.25, 0.3) is 76.2 Å². The summed E-state index contributed by atoms with van der Waals surface area (Å²) in [4.78, 5) is 2.41. The van der Waals surface area contributed by atoms with Gasteiger partial charge in [0.2, 0.25) is 0 Å². The lowest BCUT2D eigenvalue weighted by atomic mass is 9.91. The molecular weight excluding hydrogens is 583 g/mol. The van der Waals surface area contributed by atoms with Crippen molar-refractivity contribution in [1.29, 1.82) is 0 Å². The fourth-order valence-electron chi connectivity index (χ4n) is 7.59. The largest absolute Gasteiger partial charge is 0.456 e. The molecular formula is C46H29NO. The number of rotatable bonds is 4. The molecule has 0 aliphatic heterocycles. The highest BCUT2D eigenvalue weighted by Gasteiger charge is 2.21. The number of furan rings is 1. The van der Waals surface area contributed by atoms with Gasteiger partial charge in [-0.05, 0) is 79.8 Å². The number of anilines is 3. The lowest BCUT2D eigenvalue weighted by Gasteiger charge is -2.28. The molecule has 0 saturated carbocycles. The normalized spacial score (nSPS) is 11.8. The van der Waals surface area contributed by atoms with Crippen LogP contribution in [0.4, 0.5) is 17.1 Å². The third-order valence-electron chi connectivity index (χ3n) is 9.78. The highest BCUT2D eigenvalue weighted by atomic mass is 16.3. The lowest BCUT2D eigenvalue weighted by Crippen LogP contribution is -2.11. The molecule has 2 heteroatoms. The second kappa shape index (κ2) is 10.6. The van der Waals surface area contributed by atoms with Crippen LogP contribution in [0.15, 0.2) is 180 Å². The monoisotopic (exact) mass is 611 g/mol. The first kappa shape index (κ1) is 26.8. The van der Waals surface area contributed by atoms with Crippen molar-refractivity contribution in [3.05, 3.63) is 176 Å². The lowest BCUT2D eigenvalue weighted by molar-refractivity contribution is 0.669. The molecule has 0 atom stereocenters. The second-order valence-corrected chi connectivity index (χ2v) is 12.5. The minimum atomic E-state index is 0.874. The molecule has 0 spiro atoms. The first-order valence-corrected chi connectivity index (χ1v) is 16.4. The smallest absolute Gasteiger partial charge is 0.137 e. The zero-order valence-corrected chi connectivity index (χ0v) is 26.1. The number of fused-ring (bicyclic) bond motifs is 10. The van der Waals surface area contributed by atoms with E-state index < -0.39 is 0 Å². The predicted octanol–water partition coefficient (Wildman–Crippen LogP) is 13.3. The van der Waals surface area contributed by atoms with E-state index in [0.29, 0.717) is 0 Å². The fourth-order valence-corrected chi connectivity index (χ4v) is 7.59. The summed E-state index contributed by atoms with van der Waals surface area (Å²) in [5.41, 5.74) is 7.38. The van der Waals surface area contributed by atoms with Gasteiger partial charge in [-0.2, -0.15) is 0 Å². The van der Waals surface area contributed by atoms with Crippen molar-refractivity contribution in [1.82, 2.24) is 0 Å². The topological polar surface area (TPSA) is 16.4 Å². The average Bonchev–Trinajstić information content (AvgIpc) is 3.53. The molecule has 0 fully saturated rings. The molecule has 0 aliphatic carbocycles. The maximum absolute atomic E-state index is 6.44. The molecule has 48 heavy (non-hydrogen) atoms. The van der Waals surface area contributed by atoms with Crippen LogP contribution in [0.2, 0.25) is 0 Å². The van der Waals surface area contributed by atoms with E-state index in [-0.39, 0.29) is 0 Å². The van der Waals surface area contributed by atoms with Crippen molar-refractivity contribution in [2.75, 3.05) is 4.90 Å². The zero-order chi connectivity index (χ0) is 31.6. The maximum Gasteiger partial charge on any atom is 0.137 e. The average molecular weight is 612 g/mol. The van der Waals surface area contributed by atoms with Crippen LogP contribution < -0.4 is 4.90 Å². The van der Waals surface area contributed by atoms with E-state index in [4.69, 9.17) is 4.42 Å². The Labute approximate surface area is 277 Å². The van der Waals surface area contributed by atoms with Crippen LogP contribution in [-0.2, 0) is 0 Å². The van der Waals surface area contributed by atoms with Gasteiger partial charge in [-0.15, -0.1) is 0 Å². The Morgan fingerprint density at radius 3 is 1.83 bits per heavy atom. The van der Waals surface area contributed by atoms with Gasteiger partial charge in [-0.3, -0.25) is 0 Å². The van der Waals surface area contributed by atoms with Crippen LogP contribution in [0.1, 0.15) is 0 Å². The Kier molecular flexibility index (Phi) is 5.91. The summed E-state index contributed by atoms with van der Waals surface area (Å²) in [5, 5.41) is 12.2. The molecule has 9 aromatic carbocycles. The quantitative estimate of drug-likeness (QED) is 0.184. The van der Waals surface area contributed by atoms with Crippen LogP contribution >= 0.6 is 0 Å². The van der Waals surface area contributed by atoms with E-state index >= 15 is 0 Å². The molecule has 0 bridgehead atoms. The highest BCUT2D eigenvalue weighted by Crippen LogP contribution is 2.46. The van der Waals surface area contributed by atoms with Crippen LogP contribution in [-0.4, -0.2) is 0 Å². The van der Waals surface area contributed by atoms with E-state index in [9.17, 15) is 0 Å². The molecule has 224 valence electrons. The number of hydrogen-bond donors (Lipinski definition) is 0. The maximum atomic E-state index is 6.44. The van der Waals surface area contributed by atoms with Crippen molar-refractivity contribution in [2.45, 2.75) is 0 Å². The number of hydrogen-bond acceptors (Lipinski definition) is 2. The molecule has 0 unspecified atom stereocenters. The summed E-state index contributed by atoms with van der Waals surface area (Å²) in [6.07, 6.45) is 0. The molecule has 0 saturated heterocycles. The minimum Gasteiger partial charge on any atom is -0.456 e. The Hall–Kier alpha value is -6.38. The van der Waals surface area contributed by atoms with E-state index in [1.54, 1.807) is 0 Å². The molecule has 0 amide bonds. The first-order valence-electron chi connectivity index (χ1n) is 16.4. The third-order valence-corrected chi connectivity index (χ3v) is 9.78. The molecule has 1 aromatic heterocycles. The summed E-state index contributed by atoms with van der Waals surface area (Å²) in [6, 6.07) is 63.4. The van der Waals surface area contributed by atoms with Crippen molar-refractivity contribution < 1.29 is 4.42 Å². The van der Waals surface area contributed by atoms with Gasteiger partial charge in [0.25, 0.3) is 0 Å². The van der Waals surface area contributed by atoms with Crippen molar-refractivity contribution in [3.8, 4) is 11.1 Å². The SMILES string of the molecule is c1ccc(-c2cccc(N(c3ccc4c(c3)oc3ccccc34)c3cc4ccccc4c4c3ccc3ccc5ccccc5c34)c2)cc1. The predicted molar refractivity (Wildman–Crippen MR) is 204 cm³/mol.